The quantitative estimate of drug-likeness (QED) is 0.798. The SMILES string of the molecule is CCC(C)C(C)N(C(=O)c1cc(F)ccc1F)C1CC1. The molecule has 1 aliphatic rings. The van der Waals surface area contributed by atoms with Crippen LogP contribution in [0.2, 0.25) is 0 Å². The molecule has 0 aliphatic heterocycles. The molecule has 0 saturated heterocycles. The smallest absolute Gasteiger partial charge is 0.257 e. The summed E-state index contributed by atoms with van der Waals surface area (Å²) < 4.78 is 27.1. The van der Waals surface area contributed by atoms with Crippen molar-refractivity contribution in [2.75, 3.05) is 0 Å². The molecule has 2 atom stereocenters. The van der Waals surface area contributed by atoms with Crippen LogP contribution in [0.15, 0.2) is 18.2 Å². The predicted octanol–water partition coefficient (Wildman–Crippen LogP) is 4.00. The largest absolute Gasteiger partial charge is 0.333 e. The van der Waals surface area contributed by atoms with Crippen LogP contribution in [-0.4, -0.2) is 22.9 Å². The van der Waals surface area contributed by atoms with Crippen molar-refractivity contribution in [1.82, 2.24) is 4.90 Å². The Morgan fingerprint density at radius 3 is 2.55 bits per heavy atom. The number of amides is 1. The number of hydrogen-bond acceptors (Lipinski definition) is 1. The topological polar surface area (TPSA) is 20.3 Å². The van der Waals surface area contributed by atoms with Gasteiger partial charge in [-0.15, -0.1) is 0 Å². The highest BCUT2D eigenvalue weighted by Gasteiger charge is 2.38. The molecule has 1 saturated carbocycles. The Morgan fingerprint density at radius 1 is 1.35 bits per heavy atom. The van der Waals surface area contributed by atoms with Crippen LogP contribution in [0.1, 0.15) is 50.4 Å². The molecule has 0 heterocycles. The average molecular weight is 281 g/mol. The van der Waals surface area contributed by atoms with Gasteiger partial charge in [-0.2, -0.15) is 0 Å². The number of halogens is 2. The maximum atomic E-state index is 13.8. The zero-order valence-electron chi connectivity index (χ0n) is 12.2. The van der Waals surface area contributed by atoms with Crippen LogP contribution >= 0.6 is 0 Å². The first-order valence-electron chi connectivity index (χ1n) is 7.23. The monoisotopic (exact) mass is 281 g/mol. The van der Waals surface area contributed by atoms with E-state index < -0.39 is 17.5 Å². The molecule has 1 aromatic rings. The summed E-state index contributed by atoms with van der Waals surface area (Å²) in [5.41, 5.74) is -0.160. The van der Waals surface area contributed by atoms with Gasteiger partial charge in [0.1, 0.15) is 11.6 Å². The molecule has 2 nitrogen and oxygen atoms in total. The number of nitrogens with zero attached hydrogens (tertiary/aromatic N) is 1. The first-order valence-corrected chi connectivity index (χ1v) is 7.23. The van der Waals surface area contributed by atoms with E-state index in [4.69, 9.17) is 0 Å². The van der Waals surface area contributed by atoms with E-state index in [9.17, 15) is 13.6 Å². The average Bonchev–Trinajstić information content (AvgIpc) is 3.25. The highest BCUT2D eigenvalue weighted by Crippen LogP contribution is 2.33. The fraction of sp³-hybridized carbons (Fsp3) is 0.562. The van der Waals surface area contributed by atoms with E-state index in [1.165, 1.54) is 0 Å². The fourth-order valence-corrected chi connectivity index (χ4v) is 2.45. The summed E-state index contributed by atoms with van der Waals surface area (Å²) in [6.07, 6.45) is 2.84. The lowest BCUT2D eigenvalue weighted by molar-refractivity contribution is 0.0610. The lowest BCUT2D eigenvalue weighted by Gasteiger charge is -2.33. The normalized spacial score (nSPS) is 17.6. The molecule has 2 unspecified atom stereocenters. The van der Waals surface area contributed by atoms with Gasteiger partial charge in [0.15, 0.2) is 0 Å². The number of carbonyl (C=O) groups is 1. The summed E-state index contributed by atoms with van der Waals surface area (Å²) in [5, 5.41) is 0. The third kappa shape index (κ3) is 3.00. The molecule has 2 rings (SSSR count). The molecule has 0 N–H and O–H groups in total. The van der Waals surface area contributed by atoms with Crippen molar-refractivity contribution in [1.29, 1.82) is 0 Å². The zero-order chi connectivity index (χ0) is 14.9. The van der Waals surface area contributed by atoms with Crippen LogP contribution in [-0.2, 0) is 0 Å². The van der Waals surface area contributed by atoms with Crippen LogP contribution in [0, 0.1) is 17.6 Å². The summed E-state index contributed by atoms with van der Waals surface area (Å²) in [6.45, 7) is 6.14. The van der Waals surface area contributed by atoms with Gasteiger partial charge >= 0.3 is 0 Å². The van der Waals surface area contributed by atoms with Crippen LogP contribution in [0.5, 0.6) is 0 Å². The third-order valence-electron chi connectivity index (χ3n) is 4.24. The van der Waals surface area contributed by atoms with Crippen LogP contribution < -0.4 is 0 Å². The van der Waals surface area contributed by atoms with Gasteiger partial charge in [0.2, 0.25) is 0 Å². The van der Waals surface area contributed by atoms with Gasteiger partial charge in [-0.05, 0) is 43.9 Å². The minimum absolute atomic E-state index is 0.0302. The van der Waals surface area contributed by atoms with Crippen molar-refractivity contribution in [3.05, 3.63) is 35.4 Å². The van der Waals surface area contributed by atoms with Gasteiger partial charge in [0.25, 0.3) is 5.91 Å². The molecular formula is C16H21F2NO. The highest BCUT2D eigenvalue weighted by atomic mass is 19.1. The number of rotatable bonds is 5. The summed E-state index contributed by atoms with van der Waals surface area (Å²) in [6, 6.07) is 3.25. The van der Waals surface area contributed by atoms with E-state index in [-0.39, 0.29) is 17.6 Å². The van der Waals surface area contributed by atoms with Crippen molar-refractivity contribution < 1.29 is 13.6 Å². The lowest BCUT2D eigenvalue weighted by Crippen LogP contribution is -2.44. The Labute approximate surface area is 118 Å². The second-order valence-electron chi connectivity index (χ2n) is 5.69. The Bertz CT molecular complexity index is 499. The Hall–Kier alpha value is -1.45. The van der Waals surface area contributed by atoms with E-state index >= 15 is 0 Å². The molecule has 20 heavy (non-hydrogen) atoms. The molecule has 1 aliphatic carbocycles. The number of hydrogen-bond donors (Lipinski definition) is 0. The first-order chi connectivity index (χ1) is 9.45. The van der Waals surface area contributed by atoms with E-state index in [1.54, 1.807) is 4.90 Å². The Balaban J connectivity index is 2.29. The number of benzene rings is 1. The van der Waals surface area contributed by atoms with Gasteiger partial charge in [0, 0.05) is 12.1 Å². The zero-order valence-corrected chi connectivity index (χ0v) is 12.2. The van der Waals surface area contributed by atoms with E-state index in [2.05, 4.69) is 13.8 Å². The third-order valence-corrected chi connectivity index (χ3v) is 4.24. The molecule has 0 spiro atoms. The Kier molecular flexibility index (Phi) is 4.41. The van der Waals surface area contributed by atoms with Crippen LogP contribution in [0.4, 0.5) is 8.78 Å². The number of carbonyl (C=O) groups excluding carboxylic acids is 1. The summed E-state index contributed by atoms with van der Waals surface area (Å²) >= 11 is 0. The van der Waals surface area contributed by atoms with Crippen molar-refractivity contribution >= 4 is 5.91 Å². The van der Waals surface area contributed by atoms with Crippen molar-refractivity contribution in [3.63, 3.8) is 0 Å². The summed E-state index contributed by atoms with van der Waals surface area (Å²) in [7, 11) is 0. The van der Waals surface area contributed by atoms with E-state index in [1.807, 2.05) is 6.92 Å². The second kappa shape index (κ2) is 5.90. The van der Waals surface area contributed by atoms with Gasteiger partial charge < -0.3 is 4.90 Å². The maximum Gasteiger partial charge on any atom is 0.257 e. The molecular weight excluding hydrogens is 260 g/mol. The molecule has 110 valence electrons. The van der Waals surface area contributed by atoms with E-state index in [0.717, 1.165) is 37.5 Å². The molecule has 0 aromatic heterocycles. The highest BCUT2D eigenvalue weighted by molar-refractivity contribution is 5.95. The lowest BCUT2D eigenvalue weighted by atomic mass is 9.98. The molecule has 1 amide bonds. The minimum Gasteiger partial charge on any atom is -0.333 e. The van der Waals surface area contributed by atoms with Crippen molar-refractivity contribution in [2.45, 2.75) is 52.1 Å². The standard InChI is InChI=1S/C16H21F2NO/c1-4-10(2)11(3)19(13-6-7-13)16(20)14-9-12(17)5-8-15(14)18/h5,8-11,13H,4,6-7H2,1-3H3. The maximum absolute atomic E-state index is 13.8. The fourth-order valence-electron chi connectivity index (χ4n) is 2.45. The van der Waals surface area contributed by atoms with Gasteiger partial charge in [-0.1, -0.05) is 20.3 Å². The van der Waals surface area contributed by atoms with Gasteiger partial charge in [-0.3, -0.25) is 4.79 Å². The molecule has 1 aromatic carbocycles. The predicted molar refractivity (Wildman–Crippen MR) is 74.5 cm³/mol. The molecule has 0 bridgehead atoms. The minimum atomic E-state index is -0.654. The molecule has 1 fully saturated rings. The van der Waals surface area contributed by atoms with Crippen LogP contribution in [0.3, 0.4) is 0 Å². The van der Waals surface area contributed by atoms with Crippen molar-refractivity contribution in [2.24, 2.45) is 5.92 Å². The first kappa shape index (κ1) is 14.9. The molecule has 0 radical (unpaired) electrons. The van der Waals surface area contributed by atoms with Gasteiger partial charge in [0.05, 0.1) is 5.56 Å². The van der Waals surface area contributed by atoms with Gasteiger partial charge in [-0.25, -0.2) is 8.78 Å². The van der Waals surface area contributed by atoms with Crippen molar-refractivity contribution in [3.8, 4) is 0 Å². The Morgan fingerprint density at radius 2 is 2.00 bits per heavy atom. The summed E-state index contributed by atoms with van der Waals surface area (Å²) in [5.74, 6) is -1.30. The summed E-state index contributed by atoms with van der Waals surface area (Å²) in [4.78, 5) is 14.3. The van der Waals surface area contributed by atoms with Crippen LogP contribution in [0.25, 0.3) is 0 Å². The second-order valence-corrected chi connectivity index (χ2v) is 5.69. The van der Waals surface area contributed by atoms with E-state index in [0.29, 0.717) is 5.92 Å². The molecule has 4 heteroatoms.